The van der Waals surface area contributed by atoms with E-state index in [2.05, 4.69) is 12.2 Å². The number of hydrogen-bond donors (Lipinski definition) is 1. The van der Waals surface area contributed by atoms with E-state index < -0.39 is 0 Å². The van der Waals surface area contributed by atoms with Crippen molar-refractivity contribution in [2.75, 3.05) is 6.54 Å². The summed E-state index contributed by atoms with van der Waals surface area (Å²) in [5.41, 5.74) is 0.564. The van der Waals surface area contributed by atoms with Crippen LogP contribution in [0.15, 0.2) is 0 Å². The molecule has 0 saturated heterocycles. The first kappa shape index (κ1) is 11.4. The molecule has 0 bridgehead atoms. The second kappa shape index (κ2) is 5.34. The minimum Gasteiger partial charge on any atom is -0.311 e. The van der Waals surface area contributed by atoms with Crippen molar-refractivity contribution in [2.45, 2.75) is 76.7 Å². The lowest BCUT2D eigenvalue weighted by molar-refractivity contribution is 0.171. The Kier molecular flexibility index (Phi) is 4.07. The van der Waals surface area contributed by atoms with Gasteiger partial charge in [0.05, 0.1) is 0 Å². The van der Waals surface area contributed by atoms with Crippen molar-refractivity contribution in [1.29, 1.82) is 0 Å². The molecule has 1 heteroatoms. The number of nitrogens with one attached hydrogen (secondary N) is 1. The molecule has 1 N–H and O–H groups in total. The topological polar surface area (TPSA) is 12.0 Å². The summed E-state index contributed by atoms with van der Waals surface area (Å²) in [5, 5.41) is 3.83. The molecule has 0 heterocycles. The van der Waals surface area contributed by atoms with Crippen molar-refractivity contribution in [2.24, 2.45) is 5.92 Å². The Morgan fingerprint density at radius 2 is 1.80 bits per heavy atom. The van der Waals surface area contributed by atoms with Crippen molar-refractivity contribution in [3.05, 3.63) is 0 Å². The molecule has 0 atom stereocenters. The molecule has 0 aromatic rings. The fourth-order valence-corrected chi connectivity index (χ4v) is 3.28. The number of hydrogen-bond acceptors (Lipinski definition) is 1. The van der Waals surface area contributed by atoms with Gasteiger partial charge in [-0.25, -0.2) is 0 Å². The van der Waals surface area contributed by atoms with Crippen LogP contribution in [0.25, 0.3) is 0 Å². The van der Waals surface area contributed by atoms with Gasteiger partial charge in [0.2, 0.25) is 0 Å². The van der Waals surface area contributed by atoms with Gasteiger partial charge in [0, 0.05) is 5.54 Å². The van der Waals surface area contributed by atoms with Crippen LogP contribution in [0, 0.1) is 5.92 Å². The molecular weight excluding hydrogens is 182 g/mol. The molecule has 2 aliphatic carbocycles. The highest BCUT2D eigenvalue weighted by molar-refractivity contribution is 4.94. The van der Waals surface area contributed by atoms with Crippen LogP contribution >= 0.6 is 0 Å². The summed E-state index contributed by atoms with van der Waals surface area (Å²) < 4.78 is 0. The SMILES string of the molecule is CCC1(NCCC2CCCCC2)CCC1. The maximum atomic E-state index is 3.83. The Balaban J connectivity index is 1.61. The normalized spacial score (nSPS) is 26.2. The summed E-state index contributed by atoms with van der Waals surface area (Å²) in [6.07, 6.45) is 14.5. The summed E-state index contributed by atoms with van der Waals surface area (Å²) in [4.78, 5) is 0. The predicted octanol–water partition coefficient (Wildman–Crippen LogP) is 3.88. The van der Waals surface area contributed by atoms with Gasteiger partial charge in [-0.1, -0.05) is 39.0 Å². The van der Waals surface area contributed by atoms with Gasteiger partial charge in [-0.05, 0) is 44.6 Å². The fourth-order valence-electron chi connectivity index (χ4n) is 3.28. The van der Waals surface area contributed by atoms with Gasteiger partial charge in [0.15, 0.2) is 0 Å². The zero-order chi connectivity index (χ0) is 10.6. The molecule has 2 rings (SSSR count). The van der Waals surface area contributed by atoms with Gasteiger partial charge in [-0.2, -0.15) is 0 Å². The molecule has 2 aliphatic rings. The van der Waals surface area contributed by atoms with Crippen LogP contribution in [0.1, 0.15) is 71.1 Å². The van der Waals surface area contributed by atoms with E-state index >= 15 is 0 Å². The summed E-state index contributed by atoms with van der Waals surface area (Å²) in [7, 11) is 0. The average molecular weight is 209 g/mol. The van der Waals surface area contributed by atoms with E-state index in [9.17, 15) is 0 Å². The predicted molar refractivity (Wildman–Crippen MR) is 66.1 cm³/mol. The zero-order valence-corrected chi connectivity index (χ0v) is 10.4. The van der Waals surface area contributed by atoms with Gasteiger partial charge >= 0.3 is 0 Å². The van der Waals surface area contributed by atoms with E-state index in [-0.39, 0.29) is 0 Å². The maximum absolute atomic E-state index is 3.83. The van der Waals surface area contributed by atoms with Crippen molar-refractivity contribution >= 4 is 0 Å². The third kappa shape index (κ3) is 2.96. The van der Waals surface area contributed by atoms with E-state index in [0.717, 1.165) is 5.92 Å². The Labute approximate surface area is 95.0 Å². The first-order chi connectivity index (χ1) is 7.35. The summed E-state index contributed by atoms with van der Waals surface area (Å²) >= 11 is 0. The molecule has 0 radical (unpaired) electrons. The minimum absolute atomic E-state index is 0.564. The second-order valence-electron chi connectivity index (χ2n) is 5.71. The molecule has 0 amide bonds. The number of rotatable bonds is 5. The van der Waals surface area contributed by atoms with Gasteiger partial charge in [-0.15, -0.1) is 0 Å². The first-order valence-corrected chi connectivity index (χ1v) is 7.10. The Morgan fingerprint density at radius 3 is 2.33 bits per heavy atom. The Morgan fingerprint density at radius 1 is 1.07 bits per heavy atom. The van der Waals surface area contributed by atoms with Crippen molar-refractivity contribution in [3.8, 4) is 0 Å². The van der Waals surface area contributed by atoms with Gasteiger partial charge < -0.3 is 5.32 Å². The highest BCUT2D eigenvalue weighted by Gasteiger charge is 2.34. The molecule has 0 spiro atoms. The second-order valence-corrected chi connectivity index (χ2v) is 5.71. The van der Waals surface area contributed by atoms with E-state index in [1.54, 1.807) is 0 Å². The van der Waals surface area contributed by atoms with E-state index in [1.165, 1.54) is 70.8 Å². The lowest BCUT2D eigenvalue weighted by Crippen LogP contribution is -2.50. The Hall–Kier alpha value is -0.0400. The summed E-state index contributed by atoms with van der Waals surface area (Å²) in [6.45, 7) is 3.62. The highest BCUT2D eigenvalue weighted by Crippen LogP contribution is 2.35. The van der Waals surface area contributed by atoms with Crippen LogP contribution in [0.4, 0.5) is 0 Å². The molecule has 1 nitrogen and oxygen atoms in total. The molecule has 2 saturated carbocycles. The van der Waals surface area contributed by atoms with Gasteiger partial charge in [0.25, 0.3) is 0 Å². The molecule has 88 valence electrons. The third-order valence-electron chi connectivity index (χ3n) is 4.76. The van der Waals surface area contributed by atoms with Crippen molar-refractivity contribution in [1.82, 2.24) is 5.32 Å². The Bertz CT molecular complexity index is 172. The van der Waals surface area contributed by atoms with Crippen LogP contribution in [-0.2, 0) is 0 Å². The van der Waals surface area contributed by atoms with Gasteiger partial charge in [0.1, 0.15) is 0 Å². The molecule has 15 heavy (non-hydrogen) atoms. The minimum atomic E-state index is 0.564. The lowest BCUT2D eigenvalue weighted by Gasteiger charge is -2.42. The van der Waals surface area contributed by atoms with Crippen molar-refractivity contribution in [3.63, 3.8) is 0 Å². The molecule has 2 fully saturated rings. The molecule has 0 unspecified atom stereocenters. The van der Waals surface area contributed by atoms with Gasteiger partial charge in [-0.3, -0.25) is 0 Å². The van der Waals surface area contributed by atoms with Crippen LogP contribution < -0.4 is 5.32 Å². The van der Waals surface area contributed by atoms with Crippen LogP contribution in [0.2, 0.25) is 0 Å². The smallest absolute Gasteiger partial charge is 0.0178 e. The molecule has 0 aliphatic heterocycles. The highest BCUT2D eigenvalue weighted by atomic mass is 15.0. The monoisotopic (exact) mass is 209 g/mol. The molecular formula is C14H27N. The molecule has 0 aromatic heterocycles. The zero-order valence-electron chi connectivity index (χ0n) is 10.4. The third-order valence-corrected chi connectivity index (χ3v) is 4.76. The lowest BCUT2D eigenvalue weighted by atomic mass is 9.74. The average Bonchev–Trinajstić information content (AvgIpc) is 2.24. The maximum Gasteiger partial charge on any atom is 0.0178 e. The van der Waals surface area contributed by atoms with Crippen LogP contribution in [0.3, 0.4) is 0 Å². The van der Waals surface area contributed by atoms with Crippen LogP contribution in [0.5, 0.6) is 0 Å². The van der Waals surface area contributed by atoms with Crippen molar-refractivity contribution < 1.29 is 0 Å². The van der Waals surface area contributed by atoms with E-state index in [1.807, 2.05) is 0 Å². The largest absolute Gasteiger partial charge is 0.311 e. The summed E-state index contributed by atoms with van der Waals surface area (Å²) in [5.74, 6) is 1.04. The molecule has 0 aromatic carbocycles. The van der Waals surface area contributed by atoms with E-state index in [4.69, 9.17) is 0 Å². The fraction of sp³-hybridized carbons (Fsp3) is 1.00. The standard InChI is InChI=1S/C14H27N/c1-2-14(10-6-11-14)15-12-9-13-7-4-3-5-8-13/h13,15H,2-12H2,1H3. The quantitative estimate of drug-likeness (QED) is 0.724. The van der Waals surface area contributed by atoms with Crippen LogP contribution in [-0.4, -0.2) is 12.1 Å². The summed E-state index contributed by atoms with van der Waals surface area (Å²) in [6, 6.07) is 0. The first-order valence-electron chi connectivity index (χ1n) is 7.10. The van der Waals surface area contributed by atoms with E-state index in [0.29, 0.717) is 5.54 Å².